The molecule has 76 valence electrons. The second-order valence-electron chi connectivity index (χ2n) is 3.27. The van der Waals surface area contributed by atoms with Gasteiger partial charge in [0, 0.05) is 6.04 Å². The van der Waals surface area contributed by atoms with Crippen molar-refractivity contribution in [3.8, 4) is 0 Å². The average Bonchev–Trinajstić information content (AvgIpc) is 2.09. The lowest BCUT2D eigenvalue weighted by Gasteiger charge is -2.27. The summed E-state index contributed by atoms with van der Waals surface area (Å²) in [6.45, 7) is 1.98. The van der Waals surface area contributed by atoms with Gasteiger partial charge in [0.1, 0.15) is 0 Å². The first-order valence-electron chi connectivity index (χ1n) is 4.81. The molecular formula is C9H16ClNOS. The Morgan fingerprint density at radius 3 is 2.85 bits per heavy atom. The molecule has 0 radical (unpaired) electrons. The monoisotopic (exact) mass is 221 g/mol. The molecule has 1 fully saturated rings. The molecule has 1 amide bonds. The van der Waals surface area contributed by atoms with Gasteiger partial charge >= 0.3 is 0 Å². The van der Waals surface area contributed by atoms with Crippen LogP contribution in [0.25, 0.3) is 0 Å². The number of halogens is 1. The van der Waals surface area contributed by atoms with E-state index in [1.165, 1.54) is 24.6 Å². The standard InChI is InChI=1S/C9H16ClNOS/c1-2-13-9(12)11-8-6-4-3-5-7(8)10/h7-8H,2-6H2,1H3,(H,11,12)/t7-,8?/m0/s1. The first-order chi connectivity index (χ1) is 6.24. The maximum absolute atomic E-state index is 11.3. The van der Waals surface area contributed by atoms with Gasteiger partial charge in [0.05, 0.1) is 5.38 Å². The molecule has 1 aliphatic rings. The number of rotatable bonds is 2. The van der Waals surface area contributed by atoms with E-state index >= 15 is 0 Å². The molecule has 0 saturated heterocycles. The van der Waals surface area contributed by atoms with E-state index in [2.05, 4.69) is 5.32 Å². The molecule has 4 heteroatoms. The normalized spacial score (nSPS) is 28.5. The number of amides is 1. The van der Waals surface area contributed by atoms with Gasteiger partial charge in [-0.3, -0.25) is 4.79 Å². The largest absolute Gasteiger partial charge is 0.343 e. The van der Waals surface area contributed by atoms with E-state index in [1.807, 2.05) is 6.92 Å². The highest BCUT2D eigenvalue weighted by molar-refractivity contribution is 8.13. The van der Waals surface area contributed by atoms with Crippen LogP contribution in [-0.2, 0) is 0 Å². The van der Waals surface area contributed by atoms with Crippen molar-refractivity contribution in [1.82, 2.24) is 5.32 Å². The molecule has 0 aromatic rings. The van der Waals surface area contributed by atoms with Crippen molar-refractivity contribution in [3.63, 3.8) is 0 Å². The van der Waals surface area contributed by atoms with Crippen LogP contribution in [0.2, 0.25) is 0 Å². The van der Waals surface area contributed by atoms with Crippen LogP contribution in [0, 0.1) is 0 Å². The van der Waals surface area contributed by atoms with Crippen LogP contribution in [0.1, 0.15) is 32.6 Å². The molecule has 2 nitrogen and oxygen atoms in total. The summed E-state index contributed by atoms with van der Waals surface area (Å²) in [6, 6.07) is 0.196. The predicted molar refractivity (Wildman–Crippen MR) is 58.6 cm³/mol. The van der Waals surface area contributed by atoms with Crippen molar-refractivity contribution < 1.29 is 4.79 Å². The first kappa shape index (κ1) is 11.2. The van der Waals surface area contributed by atoms with E-state index < -0.39 is 0 Å². The van der Waals surface area contributed by atoms with Crippen LogP contribution >= 0.6 is 23.4 Å². The summed E-state index contributed by atoms with van der Waals surface area (Å²) in [6.07, 6.45) is 4.44. The Kier molecular flexibility index (Phi) is 4.96. The molecule has 0 heterocycles. The van der Waals surface area contributed by atoms with Gasteiger partial charge in [-0.15, -0.1) is 11.6 Å². The molecule has 0 bridgehead atoms. The molecule has 0 aliphatic heterocycles. The number of hydrogen-bond donors (Lipinski definition) is 1. The molecule has 0 spiro atoms. The summed E-state index contributed by atoms with van der Waals surface area (Å²) < 4.78 is 0. The highest BCUT2D eigenvalue weighted by Gasteiger charge is 2.24. The third-order valence-corrected chi connectivity index (χ3v) is 3.45. The smallest absolute Gasteiger partial charge is 0.279 e. The molecule has 1 rings (SSSR count). The third kappa shape index (κ3) is 3.77. The molecular weight excluding hydrogens is 206 g/mol. The molecule has 13 heavy (non-hydrogen) atoms. The number of alkyl halides is 1. The third-order valence-electron chi connectivity index (χ3n) is 2.26. The number of nitrogens with one attached hydrogen (secondary N) is 1. The minimum Gasteiger partial charge on any atom is -0.343 e. The minimum absolute atomic E-state index is 0.0695. The van der Waals surface area contributed by atoms with Crippen molar-refractivity contribution in [1.29, 1.82) is 0 Å². The predicted octanol–water partition coefficient (Wildman–Crippen LogP) is 3.00. The van der Waals surface area contributed by atoms with Gasteiger partial charge in [0.2, 0.25) is 0 Å². The summed E-state index contributed by atoms with van der Waals surface area (Å²) in [7, 11) is 0. The SMILES string of the molecule is CCSC(=O)NC1CCCC[C@@H]1Cl. The van der Waals surface area contributed by atoms with E-state index in [4.69, 9.17) is 11.6 Å². The van der Waals surface area contributed by atoms with Gasteiger partial charge in [-0.2, -0.15) is 0 Å². The summed E-state index contributed by atoms with van der Waals surface area (Å²) in [4.78, 5) is 11.3. The van der Waals surface area contributed by atoms with Crippen LogP contribution in [0.5, 0.6) is 0 Å². The fourth-order valence-corrected chi connectivity index (χ4v) is 2.41. The van der Waals surface area contributed by atoms with Gasteiger partial charge in [-0.05, 0) is 18.6 Å². The van der Waals surface area contributed by atoms with Crippen molar-refractivity contribution in [2.75, 3.05) is 5.75 Å². The van der Waals surface area contributed by atoms with Crippen molar-refractivity contribution >= 4 is 28.6 Å². The Morgan fingerprint density at radius 2 is 2.23 bits per heavy atom. The Morgan fingerprint density at radius 1 is 1.54 bits per heavy atom. The maximum Gasteiger partial charge on any atom is 0.279 e. The minimum atomic E-state index is 0.0695. The van der Waals surface area contributed by atoms with Crippen LogP contribution in [0.4, 0.5) is 4.79 Å². The number of carbonyl (C=O) groups is 1. The van der Waals surface area contributed by atoms with E-state index in [0.717, 1.165) is 18.6 Å². The summed E-state index contributed by atoms with van der Waals surface area (Å²) in [5, 5.41) is 3.17. The molecule has 1 saturated carbocycles. The lowest BCUT2D eigenvalue weighted by atomic mass is 9.95. The lowest BCUT2D eigenvalue weighted by Crippen LogP contribution is -2.41. The highest BCUT2D eigenvalue weighted by atomic mass is 35.5. The lowest BCUT2D eigenvalue weighted by molar-refractivity contribution is 0.253. The number of hydrogen-bond acceptors (Lipinski definition) is 2. The zero-order valence-electron chi connectivity index (χ0n) is 7.88. The van der Waals surface area contributed by atoms with Crippen molar-refractivity contribution in [3.05, 3.63) is 0 Å². The summed E-state index contributed by atoms with van der Waals surface area (Å²) in [5.41, 5.74) is 0. The number of thioether (sulfide) groups is 1. The van der Waals surface area contributed by atoms with Crippen LogP contribution in [-0.4, -0.2) is 22.4 Å². The summed E-state index contributed by atoms with van der Waals surface area (Å²) >= 11 is 7.42. The van der Waals surface area contributed by atoms with Gasteiger partial charge < -0.3 is 5.32 Å². The number of carbonyl (C=O) groups excluding carboxylic acids is 1. The fraction of sp³-hybridized carbons (Fsp3) is 0.889. The van der Waals surface area contributed by atoms with Gasteiger partial charge in [-0.25, -0.2) is 0 Å². The average molecular weight is 222 g/mol. The topological polar surface area (TPSA) is 29.1 Å². The second kappa shape index (κ2) is 5.76. The van der Waals surface area contributed by atoms with E-state index in [1.54, 1.807) is 0 Å². The molecule has 0 aromatic heterocycles. The van der Waals surface area contributed by atoms with Crippen molar-refractivity contribution in [2.45, 2.75) is 44.0 Å². The Labute approximate surface area is 88.8 Å². The van der Waals surface area contributed by atoms with E-state index in [9.17, 15) is 4.79 Å². The van der Waals surface area contributed by atoms with Gasteiger partial charge in [0.15, 0.2) is 0 Å². The Bertz CT molecular complexity index is 177. The quantitative estimate of drug-likeness (QED) is 0.727. The zero-order valence-corrected chi connectivity index (χ0v) is 9.46. The zero-order chi connectivity index (χ0) is 9.68. The molecule has 1 unspecified atom stereocenters. The summed E-state index contributed by atoms with van der Waals surface area (Å²) in [5.74, 6) is 0.825. The van der Waals surface area contributed by atoms with Crippen LogP contribution < -0.4 is 5.32 Å². The van der Waals surface area contributed by atoms with Gasteiger partial charge in [-0.1, -0.05) is 31.5 Å². The fourth-order valence-electron chi connectivity index (χ4n) is 1.57. The van der Waals surface area contributed by atoms with Crippen LogP contribution in [0.15, 0.2) is 0 Å². The van der Waals surface area contributed by atoms with E-state index in [-0.39, 0.29) is 16.7 Å². The van der Waals surface area contributed by atoms with E-state index in [0.29, 0.717) is 0 Å². The molecule has 0 aromatic carbocycles. The molecule has 1 aliphatic carbocycles. The molecule has 1 N–H and O–H groups in total. The molecule has 2 atom stereocenters. The van der Waals surface area contributed by atoms with Crippen molar-refractivity contribution in [2.24, 2.45) is 0 Å². The van der Waals surface area contributed by atoms with Gasteiger partial charge in [0.25, 0.3) is 5.24 Å². The first-order valence-corrected chi connectivity index (χ1v) is 6.23. The Balaban J connectivity index is 2.29. The Hall–Kier alpha value is 0.110. The second-order valence-corrected chi connectivity index (χ2v) is 5.07. The van der Waals surface area contributed by atoms with Crippen LogP contribution in [0.3, 0.4) is 0 Å². The maximum atomic E-state index is 11.3. The highest BCUT2D eigenvalue weighted by Crippen LogP contribution is 2.23.